The summed E-state index contributed by atoms with van der Waals surface area (Å²) < 4.78 is 20.0. The van der Waals surface area contributed by atoms with Crippen molar-refractivity contribution in [3.8, 4) is 5.88 Å². The van der Waals surface area contributed by atoms with E-state index in [0.29, 0.717) is 27.5 Å². The van der Waals surface area contributed by atoms with Gasteiger partial charge in [0.2, 0.25) is 5.88 Å². The van der Waals surface area contributed by atoms with Crippen LogP contribution in [0.15, 0.2) is 16.6 Å². The SMILES string of the molecule is OCCOc1nc(C2CC2)nc2c(F)cc(Br)cc12. The molecular formula is C13H12BrFN2O2. The van der Waals surface area contributed by atoms with Gasteiger partial charge in [-0.2, -0.15) is 4.98 Å². The molecular weight excluding hydrogens is 315 g/mol. The molecule has 1 aromatic heterocycles. The van der Waals surface area contributed by atoms with Crippen LogP contribution in [-0.2, 0) is 0 Å². The Morgan fingerprint density at radius 1 is 1.37 bits per heavy atom. The zero-order valence-corrected chi connectivity index (χ0v) is 11.7. The number of hydrogen-bond donors (Lipinski definition) is 1. The van der Waals surface area contributed by atoms with E-state index in [-0.39, 0.29) is 18.7 Å². The minimum atomic E-state index is -0.400. The maximum absolute atomic E-state index is 14.0. The monoisotopic (exact) mass is 326 g/mol. The molecule has 6 heteroatoms. The number of aliphatic hydroxyl groups is 1. The van der Waals surface area contributed by atoms with Crippen LogP contribution >= 0.6 is 15.9 Å². The molecule has 2 aromatic rings. The van der Waals surface area contributed by atoms with Crippen molar-refractivity contribution in [1.82, 2.24) is 9.97 Å². The second-order valence-electron chi connectivity index (χ2n) is 4.52. The van der Waals surface area contributed by atoms with E-state index in [1.54, 1.807) is 6.07 Å². The van der Waals surface area contributed by atoms with Crippen LogP contribution in [0.4, 0.5) is 4.39 Å². The first-order chi connectivity index (χ1) is 9.19. The van der Waals surface area contributed by atoms with Gasteiger partial charge in [-0.1, -0.05) is 15.9 Å². The van der Waals surface area contributed by atoms with Crippen LogP contribution in [0, 0.1) is 5.82 Å². The van der Waals surface area contributed by atoms with Crippen molar-refractivity contribution in [1.29, 1.82) is 0 Å². The Kier molecular flexibility index (Phi) is 3.36. The molecule has 1 aliphatic carbocycles. The molecule has 0 spiro atoms. The van der Waals surface area contributed by atoms with Gasteiger partial charge in [0.1, 0.15) is 17.9 Å². The number of halogens is 2. The molecule has 3 rings (SSSR count). The van der Waals surface area contributed by atoms with Gasteiger partial charge >= 0.3 is 0 Å². The highest BCUT2D eigenvalue weighted by atomic mass is 79.9. The Morgan fingerprint density at radius 3 is 2.84 bits per heavy atom. The summed E-state index contributed by atoms with van der Waals surface area (Å²) in [6, 6.07) is 3.10. The number of hydrogen-bond acceptors (Lipinski definition) is 4. The highest BCUT2D eigenvalue weighted by molar-refractivity contribution is 9.10. The molecule has 1 N–H and O–H groups in total. The Balaban J connectivity index is 2.17. The van der Waals surface area contributed by atoms with Crippen LogP contribution in [0.25, 0.3) is 10.9 Å². The second kappa shape index (κ2) is 5.02. The number of aromatic nitrogens is 2. The van der Waals surface area contributed by atoms with Crippen molar-refractivity contribution in [2.75, 3.05) is 13.2 Å². The first kappa shape index (κ1) is 12.7. The number of benzene rings is 1. The first-order valence-corrected chi connectivity index (χ1v) is 6.88. The fourth-order valence-corrected chi connectivity index (χ4v) is 2.35. The van der Waals surface area contributed by atoms with E-state index in [0.717, 1.165) is 12.8 Å². The van der Waals surface area contributed by atoms with Crippen molar-refractivity contribution >= 4 is 26.8 Å². The number of nitrogens with zero attached hydrogens (tertiary/aromatic N) is 2. The molecule has 1 aliphatic rings. The summed E-state index contributed by atoms with van der Waals surface area (Å²) in [4.78, 5) is 8.65. The van der Waals surface area contributed by atoms with Crippen LogP contribution in [0.5, 0.6) is 5.88 Å². The van der Waals surface area contributed by atoms with Crippen LogP contribution in [0.1, 0.15) is 24.6 Å². The quantitative estimate of drug-likeness (QED) is 0.938. The van der Waals surface area contributed by atoms with Crippen molar-refractivity contribution in [2.45, 2.75) is 18.8 Å². The summed E-state index contributed by atoms with van der Waals surface area (Å²) >= 11 is 3.24. The average molecular weight is 327 g/mol. The molecule has 1 heterocycles. The smallest absolute Gasteiger partial charge is 0.224 e. The van der Waals surface area contributed by atoms with Crippen molar-refractivity contribution < 1.29 is 14.2 Å². The first-order valence-electron chi connectivity index (χ1n) is 6.09. The predicted octanol–water partition coefficient (Wildman–Crippen LogP) is 2.78. The topological polar surface area (TPSA) is 55.2 Å². The van der Waals surface area contributed by atoms with Gasteiger partial charge in [-0.15, -0.1) is 0 Å². The third-order valence-corrected chi connectivity index (χ3v) is 3.43. The fraction of sp³-hybridized carbons (Fsp3) is 0.385. The standard InChI is InChI=1S/C13H12BrFN2O2/c14-8-5-9-11(10(15)6-8)16-12(7-1-2-7)17-13(9)19-4-3-18/h5-7,18H,1-4H2. The molecule has 100 valence electrons. The zero-order valence-electron chi connectivity index (χ0n) is 10.1. The van der Waals surface area contributed by atoms with E-state index in [4.69, 9.17) is 9.84 Å². The molecule has 1 aromatic carbocycles. The third-order valence-electron chi connectivity index (χ3n) is 2.97. The minimum Gasteiger partial charge on any atom is -0.475 e. The summed E-state index contributed by atoms with van der Waals surface area (Å²) in [6.07, 6.45) is 2.06. The van der Waals surface area contributed by atoms with Gasteiger partial charge in [0.05, 0.1) is 12.0 Å². The summed E-state index contributed by atoms with van der Waals surface area (Å²) in [7, 11) is 0. The number of rotatable bonds is 4. The van der Waals surface area contributed by atoms with E-state index in [9.17, 15) is 4.39 Å². The molecule has 0 amide bonds. The van der Waals surface area contributed by atoms with Gasteiger partial charge in [-0.3, -0.25) is 0 Å². The van der Waals surface area contributed by atoms with Gasteiger partial charge in [-0.25, -0.2) is 9.37 Å². The highest BCUT2D eigenvalue weighted by Crippen LogP contribution is 2.40. The Labute approximate surface area is 117 Å². The largest absolute Gasteiger partial charge is 0.475 e. The molecule has 0 saturated heterocycles. The number of fused-ring (bicyclic) bond motifs is 1. The number of ether oxygens (including phenoxy) is 1. The Morgan fingerprint density at radius 2 is 2.16 bits per heavy atom. The lowest BCUT2D eigenvalue weighted by atomic mass is 10.2. The Hall–Kier alpha value is -1.27. The van der Waals surface area contributed by atoms with Gasteiger partial charge in [0, 0.05) is 10.4 Å². The maximum Gasteiger partial charge on any atom is 0.224 e. The van der Waals surface area contributed by atoms with Gasteiger partial charge in [0.25, 0.3) is 0 Å². The lowest BCUT2D eigenvalue weighted by Gasteiger charge is -2.10. The van der Waals surface area contributed by atoms with Crippen LogP contribution in [0.3, 0.4) is 0 Å². The maximum atomic E-state index is 14.0. The molecule has 4 nitrogen and oxygen atoms in total. The summed E-state index contributed by atoms with van der Waals surface area (Å²) in [5, 5.41) is 9.37. The third kappa shape index (κ3) is 2.55. The highest BCUT2D eigenvalue weighted by Gasteiger charge is 2.28. The van der Waals surface area contributed by atoms with Crippen LogP contribution < -0.4 is 4.74 Å². The Bertz CT molecular complexity index is 632. The van der Waals surface area contributed by atoms with Gasteiger partial charge in [-0.05, 0) is 25.0 Å². The minimum absolute atomic E-state index is 0.110. The summed E-state index contributed by atoms with van der Waals surface area (Å²) in [6.45, 7) is 0.0189. The summed E-state index contributed by atoms with van der Waals surface area (Å²) in [5.74, 6) is 0.870. The average Bonchev–Trinajstić information content (AvgIpc) is 3.20. The lowest BCUT2D eigenvalue weighted by Crippen LogP contribution is -2.06. The molecule has 0 radical (unpaired) electrons. The van der Waals surface area contributed by atoms with Gasteiger partial charge < -0.3 is 9.84 Å². The van der Waals surface area contributed by atoms with Crippen molar-refractivity contribution in [3.05, 3.63) is 28.2 Å². The predicted molar refractivity (Wildman–Crippen MR) is 71.8 cm³/mol. The van der Waals surface area contributed by atoms with Crippen molar-refractivity contribution in [3.63, 3.8) is 0 Å². The molecule has 1 saturated carbocycles. The van der Waals surface area contributed by atoms with E-state index in [2.05, 4.69) is 25.9 Å². The van der Waals surface area contributed by atoms with E-state index < -0.39 is 5.82 Å². The molecule has 0 bridgehead atoms. The lowest BCUT2D eigenvalue weighted by molar-refractivity contribution is 0.198. The van der Waals surface area contributed by atoms with Crippen molar-refractivity contribution in [2.24, 2.45) is 0 Å². The van der Waals surface area contributed by atoms with E-state index in [1.807, 2.05) is 0 Å². The van der Waals surface area contributed by atoms with Crippen LogP contribution in [-0.4, -0.2) is 28.3 Å². The molecule has 1 fully saturated rings. The van der Waals surface area contributed by atoms with Gasteiger partial charge in [0.15, 0.2) is 5.82 Å². The molecule has 19 heavy (non-hydrogen) atoms. The van der Waals surface area contributed by atoms with E-state index in [1.165, 1.54) is 6.07 Å². The fourth-order valence-electron chi connectivity index (χ4n) is 1.92. The molecule has 0 unspecified atom stereocenters. The summed E-state index contributed by atoms with van der Waals surface area (Å²) in [5.41, 5.74) is 0.271. The second-order valence-corrected chi connectivity index (χ2v) is 5.43. The van der Waals surface area contributed by atoms with E-state index >= 15 is 0 Å². The van der Waals surface area contributed by atoms with Crippen LogP contribution in [0.2, 0.25) is 0 Å². The molecule has 0 atom stereocenters. The zero-order chi connectivity index (χ0) is 13.4. The number of aliphatic hydroxyl groups excluding tert-OH is 1. The normalized spacial score (nSPS) is 14.9. The molecule has 0 aliphatic heterocycles.